The van der Waals surface area contributed by atoms with Gasteiger partial charge in [0, 0.05) is 30.8 Å². The number of benzene rings is 2. The van der Waals surface area contributed by atoms with Crippen molar-refractivity contribution in [2.45, 2.75) is 19.8 Å². The quantitative estimate of drug-likeness (QED) is 0.624. The zero-order valence-corrected chi connectivity index (χ0v) is 15.0. The van der Waals surface area contributed by atoms with Crippen LogP contribution in [0.15, 0.2) is 48.5 Å². The molecule has 6 nitrogen and oxygen atoms in total. The molecule has 0 atom stereocenters. The molecule has 0 aliphatic carbocycles. The summed E-state index contributed by atoms with van der Waals surface area (Å²) in [5.74, 6) is -1.50. The average Bonchev–Trinajstić information content (AvgIpc) is 2.66. The van der Waals surface area contributed by atoms with E-state index >= 15 is 0 Å². The van der Waals surface area contributed by atoms with E-state index in [1.807, 2.05) is 6.92 Å². The minimum absolute atomic E-state index is 0.0375. The molecule has 0 radical (unpaired) electrons. The van der Waals surface area contributed by atoms with E-state index in [0.29, 0.717) is 17.7 Å². The summed E-state index contributed by atoms with van der Waals surface area (Å²) in [5.41, 5.74) is 1.02. The summed E-state index contributed by atoms with van der Waals surface area (Å²) in [6.07, 6.45) is 1.21. The third kappa shape index (κ3) is 6.22. The van der Waals surface area contributed by atoms with Crippen LogP contribution in [0, 0.1) is 5.82 Å². The molecule has 3 N–H and O–H groups in total. The van der Waals surface area contributed by atoms with Crippen LogP contribution in [0.2, 0.25) is 0 Å². The maximum absolute atomic E-state index is 13.5. The molecule has 0 heterocycles. The van der Waals surface area contributed by atoms with E-state index in [9.17, 15) is 18.8 Å². The SMILES string of the molecule is CCCC(=O)Nc1ccc(C(=O)NCCNC(=O)c2ccccc2F)cc1. The fourth-order valence-corrected chi connectivity index (χ4v) is 2.35. The Kier molecular flexibility index (Phi) is 7.49. The van der Waals surface area contributed by atoms with Crippen molar-refractivity contribution in [3.05, 3.63) is 65.5 Å². The van der Waals surface area contributed by atoms with Gasteiger partial charge in [-0.3, -0.25) is 14.4 Å². The molecule has 0 saturated carbocycles. The molecule has 7 heteroatoms. The highest BCUT2D eigenvalue weighted by Gasteiger charge is 2.10. The molecular formula is C20H22FN3O3. The molecule has 0 unspecified atom stereocenters. The number of nitrogens with one attached hydrogen (secondary N) is 3. The monoisotopic (exact) mass is 371 g/mol. The van der Waals surface area contributed by atoms with Crippen molar-refractivity contribution in [2.24, 2.45) is 0 Å². The fraction of sp³-hybridized carbons (Fsp3) is 0.250. The van der Waals surface area contributed by atoms with Crippen LogP contribution < -0.4 is 16.0 Å². The lowest BCUT2D eigenvalue weighted by molar-refractivity contribution is -0.116. The van der Waals surface area contributed by atoms with Crippen LogP contribution in [0.1, 0.15) is 40.5 Å². The smallest absolute Gasteiger partial charge is 0.254 e. The van der Waals surface area contributed by atoms with Crippen LogP contribution in [0.25, 0.3) is 0 Å². The summed E-state index contributed by atoms with van der Waals surface area (Å²) in [6.45, 7) is 2.30. The highest BCUT2D eigenvalue weighted by molar-refractivity contribution is 5.96. The second kappa shape index (κ2) is 10.1. The minimum Gasteiger partial charge on any atom is -0.350 e. The van der Waals surface area contributed by atoms with Crippen molar-refractivity contribution >= 4 is 23.4 Å². The Morgan fingerprint density at radius 2 is 1.52 bits per heavy atom. The van der Waals surface area contributed by atoms with Crippen LogP contribution in [0.5, 0.6) is 0 Å². The largest absolute Gasteiger partial charge is 0.350 e. The lowest BCUT2D eigenvalue weighted by atomic mass is 10.2. The second-order valence-electron chi connectivity index (χ2n) is 5.87. The summed E-state index contributed by atoms with van der Waals surface area (Å²) >= 11 is 0. The van der Waals surface area contributed by atoms with Gasteiger partial charge in [0.1, 0.15) is 5.82 Å². The zero-order valence-electron chi connectivity index (χ0n) is 15.0. The second-order valence-corrected chi connectivity index (χ2v) is 5.87. The molecule has 0 aliphatic rings. The summed E-state index contributed by atoms with van der Waals surface area (Å²) in [4.78, 5) is 35.5. The van der Waals surface area contributed by atoms with Gasteiger partial charge in [0.15, 0.2) is 0 Å². The van der Waals surface area contributed by atoms with E-state index in [0.717, 1.165) is 6.42 Å². The van der Waals surface area contributed by atoms with Gasteiger partial charge in [0.05, 0.1) is 5.56 Å². The van der Waals surface area contributed by atoms with Crippen molar-refractivity contribution in [1.29, 1.82) is 0 Å². The summed E-state index contributed by atoms with van der Waals surface area (Å²) < 4.78 is 13.5. The average molecular weight is 371 g/mol. The molecule has 2 rings (SSSR count). The first-order chi connectivity index (χ1) is 13.0. The number of carbonyl (C=O) groups is 3. The molecular weight excluding hydrogens is 349 g/mol. The Hall–Kier alpha value is -3.22. The van der Waals surface area contributed by atoms with E-state index in [1.54, 1.807) is 30.3 Å². The molecule has 3 amide bonds. The third-order valence-electron chi connectivity index (χ3n) is 3.72. The first-order valence-corrected chi connectivity index (χ1v) is 8.72. The lowest BCUT2D eigenvalue weighted by Crippen LogP contribution is -2.35. The van der Waals surface area contributed by atoms with Gasteiger partial charge < -0.3 is 16.0 Å². The maximum atomic E-state index is 13.5. The zero-order chi connectivity index (χ0) is 19.6. The van der Waals surface area contributed by atoms with E-state index in [-0.39, 0.29) is 30.5 Å². The van der Waals surface area contributed by atoms with Gasteiger partial charge in [0.2, 0.25) is 5.91 Å². The predicted octanol–water partition coefficient (Wildman–Crippen LogP) is 2.72. The number of amides is 3. The van der Waals surface area contributed by atoms with Crippen LogP contribution in [0.3, 0.4) is 0 Å². The summed E-state index contributed by atoms with van der Waals surface area (Å²) in [5, 5.41) is 7.96. The Bertz CT molecular complexity index is 806. The van der Waals surface area contributed by atoms with Crippen molar-refractivity contribution in [1.82, 2.24) is 10.6 Å². The fourth-order valence-electron chi connectivity index (χ4n) is 2.35. The molecule has 2 aromatic carbocycles. The van der Waals surface area contributed by atoms with Crippen LogP contribution in [-0.4, -0.2) is 30.8 Å². The molecule has 0 spiro atoms. The van der Waals surface area contributed by atoms with Crippen molar-refractivity contribution in [2.75, 3.05) is 18.4 Å². The van der Waals surface area contributed by atoms with Crippen molar-refractivity contribution in [3.63, 3.8) is 0 Å². The number of anilines is 1. The van der Waals surface area contributed by atoms with E-state index in [2.05, 4.69) is 16.0 Å². The van der Waals surface area contributed by atoms with Crippen molar-refractivity contribution < 1.29 is 18.8 Å². The lowest BCUT2D eigenvalue weighted by Gasteiger charge is -2.09. The molecule has 0 aromatic heterocycles. The molecule has 0 aliphatic heterocycles. The summed E-state index contributed by atoms with van der Waals surface area (Å²) in [6, 6.07) is 12.2. The molecule has 2 aromatic rings. The number of hydrogen-bond donors (Lipinski definition) is 3. The number of rotatable bonds is 8. The van der Waals surface area contributed by atoms with E-state index in [4.69, 9.17) is 0 Å². The Labute approximate surface area is 157 Å². The standard InChI is InChI=1S/C20H22FN3O3/c1-2-5-18(25)24-15-10-8-14(9-11-15)19(26)22-12-13-23-20(27)16-6-3-4-7-17(16)21/h3-4,6-11H,2,5,12-13H2,1H3,(H,22,26)(H,23,27)(H,24,25). The van der Waals surface area contributed by atoms with Gasteiger partial charge in [-0.05, 0) is 42.8 Å². The predicted molar refractivity (Wildman–Crippen MR) is 101 cm³/mol. The van der Waals surface area contributed by atoms with E-state index < -0.39 is 11.7 Å². The molecule has 0 saturated heterocycles. The first-order valence-electron chi connectivity index (χ1n) is 8.72. The van der Waals surface area contributed by atoms with Gasteiger partial charge in [0.25, 0.3) is 11.8 Å². The Balaban J connectivity index is 1.76. The molecule has 27 heavy (non-hydrogen) atoms. The van der Waals surface area contributed by atoms with E-state index in [1.165, 1.54) is 18.2 Å². The number of halogens is 1. The van der Waals surface area contributed by atoms with Gasteiger partial charge in [-0.2, -0.15) is 0 Å². The number of hydrogen-bond acceptors (Lipinski definition) is 3. The van der Waals surface area contributed by atoms with Crippen LogP contribution in [-0.2, 0) is 4.79 Å². The highest BCUT2D eigenvalue weighted by atomic mass is 19.1. The van der Waals surface area contributed by atoms with Gasteiger partial charge in [-0.25, -0.2) is 4.39 Å². The highest BCUT2D eigenvalue weighted by Crippen LogP contribution is 2.10. The molecule has 0 bridgehead atoms. The minimum atomic E-state index is -0.592. The first kappa shape index (κ1) is 20.1. The maximum Gasteiger partial charge on any atom is 0.254 e. The topological polar surface area (TPSA) is 87.3 Å². The van der Waals surface area contributed by atoms with Crippen LogP contribution in [0.4, 0.5) is 10.1 Å². The van der Waals surface area contributed by atoms with Gasteiger partial charge >= 0.3 is 0 Å². The Morgan fingerprint density at radius 1 is 0.889 bits per heavy atom. The van der Waals surface area contributed by atoms with Crippen LogP contribution >= 0.6 is 0 Å². The molecule has 0 fully saturated rings. The van der Waals surface area contributed by atoms with Gasteiger partial charge in [-0.15, -0.1) is 0 Å². The summed E-state index contributed by atoms with van der Waals surface area (Å²) in [7, 11) is 0. The molecule has 142 valence electrons. The van der Waals surface area contributed by atoms with Gasteiger partial charge in [-0.1, -0.05) is 19.1 Å². The van der Waals surface area contributed by atoms with Crippen molar-refractivity contribution in [3.8, 4) is 0 Å². The third-order valence-corrected chi connectivity index (χ3v) is 3.72. The Morgan fingerprint density at radius 3 is 2.15 bits per heavy atom. The number of carbonyl (C=O) groups excluding carboxylic acids is 3. The normalized spacial score (nSPS) is 10.1.